The van der Waals surface area contributed by atoms with Gasteiger partial charge in [-0.05, 0) is 31.1 Å². The summed E-state index contributed by atoms with van der Waals surface area (Å²) in [4.78, 5) is 11.5. The Bertz CT molecular complexity index is 236. The third kappa shape index (κ3) is 9.28. The summed E-state index contributed by atoms with van der Waals surface area (Å²) in [6.07, 6.45) is 3.31. The van der Waals surface area contributed by atoms with Crippen LogP contribution < -0.4 is 10.6 Å². The summed E-state index contributed by atoms with van der Waals surface area (Å²) in [6.45, 7) is 11.3. The highest BCUT2D eigenvalue weighted by Crippen LogP contribution is 2.21. The highest BCUT2D eigenvalue weighted by Gasteiger charge is 2.13. The second kappa shape index (κ2) is 8.35. The van der Waals surface area contributed by atoms with Crippen LogP contribution >= 0.6 is 0 Å². The lowest BCUT2D eigenvalue weighted by Crippen LogP contribution is -2.44. The van der Waals surface area contributed by atoms with Crippen LogP contribution in [0.4, 0.5) is 4.79 Å². The molecule has 4 nitrogen and oxygen atoms in total. The number of urea groups is 1. The minimum absolute atomic E-state index is 0.00965. The normalized spacial score (nSPS) is 15.0. The molecule has 0 aromatic heterocycles. The molecule has 0 saturated heterocycles. The minimum Gasteiger partial charge on any atom is -0.396 e. The van der Waals surface area contributed by atoms with Crippen molar-refractivity contribution in [2.24, 2.45) is 11.3 Å². The van der Waals surface area contributed by atoms with Crippen LogP contribution in [-0.2, 0) is 0 Å². The van der Waals surface area contributed by atoms with Crippen LogP contribution in [0.2, 0.25) is 0 Å². The number of aliphatic hydroxyl groups excluding tert-OH is 1. The van der Waals surface area contributed by atoms with Crippen molar-refractivity contribution in [2.45, 2.75) is 59.9 Å². The van der Waals surface area contributed by atoms with Gasteiger partial charge in [-0.25, -0.2) is 4.79 Å². The Morgan fingerprint density at radius 2 is 1.83 bits per heavy atom. The number of aliphatic hydroxyl groups is 1. The summed E-state index contributed by atoms with van der Waals surface area (Å²) < 4.78 is 0. The maximum absolute atomic E-state index is 11.5. The van der Waals surface area contributed by atoms with Gasteiger partial charge in [0.1, 0.15) is 0 Å². The molecular weight excluding hydrogens is 228 g/mol. The molecule has 0 aliphatic heterocycles. The van der Waals surface area contributed by atoms with E-state index in [-0.39, 0.29) is 24.6 Å². The summed E-state index contributed by atoms with van der Waals surface area (Å²) in [5.41, 5.74) is 0.368. The smallest absolute Gasteiger partial charge is 0.315 e. The number of carbonyl (C=O) groups is 1. The number of hydrogen-bond donors (Lipinski definition) is 3. The maximum Gasteiger partial charge on any atom is 0.315 e. The van der Waals surface area contributed by atoms with Crippen molar-refractivity contribution in [3.8, 4) is 0 Å². The topological polar surface area (TPSA) is 61.4 Å². The van der Waals surface area contributed by atoms with Crippen LogP contribution in [-0.4, -0.2) is 30.3 Å². The molecule has 0 saturated carbocycles. The molecule has 2 unspecified atom stereocenters. The van der Waals surface area contributed by atoms with Crippen molar-refractivity contribution >= 4 is 6.03 Å². The zero-order valence-electron chi connectivity index (χ0n) is 12.5. The van der Waals surface area contributed by atoms with Gasteiger partial charge in [0.15, 0.2) is 0 Å². The number of unbranched alkanes of at least 4 members (excludes halogenated alkanes) is 1. The highest BCUT2D eigenvalue weighted by atomic mass is 16.3. The molecule has 3 N–H and O–H groups in total. The number of nitrogens with one attached hydrogen (secondary N) is 2. The molecule has 0 heterocycles. The van der Waals surface area contributed by atoms with Gasteiger partial charge in [0.25, 0.3) is 0 Å². The fourth-order valence-corrected chi connectivity index (χ4v) is 1.54. The molecular formula is C14H30N2O2. The van der Waals surface area contributed by atoms with Gasteiger partial charge in [-0.1, -0.05) is 34.1 Å². The second-order valence-corrected chi connectivity index (χ2v) is 6.37. The summed E-state index contributed by atoms with van der Waals surface area (Å²) in [7, 11) is 0. The van der Waals surface area contributed by atoms with Gasteiger partial charge in [0, 0.05) is 19.2 Å². The third-order valence-corrected chi connectivity index (χ3v) is 3.14. The molecule has 0 spiro atoms. The van der Waals surface area contributed by atoms with Crippen LogP contribution in [0.1, 0.15) is 53.9 Å². The predicted molar refractivity (Wildman–Crippen MR) is 75.6 cm³/mol. The molecule has 0 aliphatic carbocycles. The molecule has 0 rings (SSSR count). The summed E-state index contributed by atoms with van der Waals surface area (Å²) in [5.74, 6) is 0.0802. The first-order valence-corrected chi connectivity index (χ1v) is 6.91. The van der Waals surface area contributed by atoms with E-state index < -0.39 is 0 Å². The van der Waals surface area contributed by atoms with Crippen molar-refractivity contribution in [2.75, 3.05) is 13.2 Å². The van der Waals surface area contributed by atoms with Gasteiger partial charge in [0.05, 0.1) is 0 Å². The van der Waals surface area contributed by atoms with E-state index in [1.807, 2.05) is 13.8 Å². The Morgan fingerprint density at radius 3 is 2.33 bits per heavy atom. The van der Waals surface area contributed by atoms with Crippen molar-refractivity contribution in [1.29, 1.82) is 0 Å². The largest absolute Gasteiger partial charge is 0.396 e. The molecule has 2 amide bonds. The zero-order valence-corrected chi connectivity index (χ0v) is 12.5. The van der Waals surface area contributed by atoms with E-state index >= 15 is 0 Å². The fraction of sp³-hybridized carbons (Fsp3) is 0.929. The standard InChI is InChI=1S/C14H30N2O2/c1-11(10-17)12(2)16-13(18)15-9-7-6-8-14(3,4)5/h11-12,17H,6-10H2,1-5H3,(H2,15,16,18). The summed E-state index contributed by atoms with van der Waals surface area (Å²) >= 11 is 0. The van der Waals surface area contributed by atoms with Crippen LogP contribution in [0.15, 0.2) is 0 Å². The molecule has 4 heteroatoms. The van der Waals surface area contributed by atoms with Crippen molar-refractivity contribution in [3.05, 3.63) is 0 Å². The number of hydrogen-bond acceptors (Lipinski definition) is 2. The first-order valence-electron chi connectivity index (χ1n) is 6.91. The van der Waals surface area contributed by atoms with Crippen LogP contribution in [0.25, 0.3) is 0 Å². The van der Waals surface area contributed by atoms with Crippen LogP contribution in [0, 0.1) is 11.3 Å². The lowest BCUT2D eigenvalue weighted by molar-refractivity contribution is 0.200. The molecule has 18 heavy (non-hydrogen) atoms. The van der Waals surface area contributed by atoms with E-state index in [2.05, 4.69) is 31.4 Å². The lowest BCUT2D eigenvalue weighted by Gasteiger charge is -2.20. The van der Waals surface area contributed by atoms with E-state index in [0.29, 0.717) is 12.0 Å². The Labute approximate surface area is 112 Å². The van der Waals surface area contributed by atoms with E-state index in [9.17, 15) is 4.79 Å². The minimum atomic E-state index is -0.140. The van der Waals surface area contributed by atoms with Crippen molar-refractivity contribution in [1.82, 2.24) is 10.6 Å². The van der Waals surface area contributed by atoms with Crippen molar-refractivity contribution < 1.29 is 9.90 Å². The SMILES string of the molecule is CC(CO)C(C)NC(=O)NCCCCC(C)(C)C. The molecule has 108 valence electrons. The Hall–Kier alpha value is -0.770. The molecule has 0 aliphatic rings. The molecule has 0 aromatic carbocycles. The van der Waals surface area contributed by atoms with Gasteiger partial charge >= 0.3 is 6.03 Å². The number of amides is 2. The van der Waals surface area contributed by atoms with Gasteiger partial charge in [-0.3, -0.25) is 0 Å². The molecule has 0 bridgehead atoms. The number of carbonyl (C=O) groups excluding carboxylic acids is 1. The van der Waals surface area contributed by atoms with E-state index in [1.54, 1.807) is 0 Å². The van der Waals surface area contributed by atoms with Crippen LogP contribution in [0.3, 0.4) is 0 Å². The van der Waals surface area contributed by atoms with Gasteiger partial charge in [-0.15, -0.1) is 0 Å². The van der Waals surface area contributed by atoms with Crippen molar-refractivity contribution in [3.63, 3.8) is 0 Å². The maximum atomic E-state index is 11.5. The van der Waals surface area contributed by atoms with Gasteiger partial charge < -0.3 is 15.7 Å². The summed E-state index contributed by atoms with van der Waals surface area (Å²) in [6, 6.07) is -0.150. The van der Waals surface area contributed by atoms with Crippen LogP contribution in [0.5, 0.6) is 0 Å². The lowest BCUT2D eigenvalue weighted by atomic mass is 9.90. The summed E-state index contributed by atoms with van der Waals surface area (Å²) in [5, 5.41) is 14.6. The molecule has 0 radical (unpaired) electrons. The molecule has 0 aromatic rings. The molecule has 0 fully saturated rings. The fourth-order valence-electron chi connectivity index (χ4n) is 1.54. The van der Waals surface area contributed by atoms with E-state index in [0.717, 1.165) is 12.8 Å². The first-order chi connectivity index (χ1) is 8.26. The van der Waals surface area contributed by atoms with E-state index in [4.69, 9.17) is 5.11 Å². The average molecular weight is 258 g/mol. The van der Waals surface area contributed by atoms with Gasteiger partial charge in [0.2, 0.25) is 0 Å². The zero-order chi connectivity index (χ0) is 14.2. The Kier molecular flexibility index (Phi) is 8.00. The highest BCUT2D eigenvalue weighted by molar-refractivity contribution is 5.74. The first kappa shape index (κ1) is 17.2. The number of rotatable bonds is 7. The van der Waals surface area contributed by atoms with E-state index in [1.165, 1.54) is 6.42 Å². The third-order valence-electron chi connectivity index (χ3n) is 3.14. The quantitative estimate of drug-likeness (QED) is 0.614. The second-order valence-electron chi connectivity index (χ2n) is 6.37. The molecule has 2 atom stereocenters. The Morgan fingerprint density at radius 1 is 1.22 bits per heavy atom. The Balaban J connectivity index is 3.60. The average Bonchev–Trinajstić information content (AvgIpc) is 2.25. The van der Waals surface area contributed by atoms with Gasteiger partial charge in [-0.2, -0.15) is 0 Å². The predicted octanol–water partition coefficient (Wildman–Crippen LogP) is 2.52. The monoisotopic (exact) mass is 258 g/mol.